The van der Waals surface area contributed by atoms with Crippen molar-refractivity contribution in [3.63, 3.8) is 0 Å². The predicted molar refractivity (Wildman–Crippen MR) is 54.1 cm³/mol. The summed E-state index contributed by atoms with van der Waals surface area (Å²) in [5, 5.41) is 9.03. The zero-order valence-electron chi connectivity index (χ0n) is 7.95. The minimum Gasteiger partial charge on any atom is -0.481 e. The molecule has 0 saturated heterocycles. The van der Waals surface area contributed by atoms with E-state index < -0.39 is 11.4 Å². The quantitative estimate of drug-likeness (QED) is 0.726. The van der Waals surface area contributed by atoms with Crippen LogP contribution in [0.3, 0.4) is 0 Å². The lowest BCUT2D eigenvalue weighted by Gasteiger charge is -2.34. The molecule has 0 aromatic rings. The molecule has 1 rings (SSSR count). The SMILES string of the molecule is CCC1(C(=O)O)CCC(N)CC1.Cl. The molecule has 0 atom stereocenters. The molecule has 3 N–H and O–H groups in total. The average molecular weight is 208 g/mol. The summed E-state index contributed by atoms with van der Waals surface area (Å²) in [7, 11) is 0. The van der Waals surface area contributed by atoms with Gasteiger partial charge in [0.1, 0.15) is 0 Å². The minimum absolute atomic E-state index is 0. The summed E-state index contributed by atoms with van der Waals surface area (Å²) in [6.07, 6.45) is 3.95. The molecular weight excluding hydrogens is 190 g/mol. The van der Waals surface area contributed by atoms with Crippen molar-refractivity contribution in [2.24, 2.45) is 11.1 Å². The van der Waals surface area contributed by atoms with Crippen molar-refractivity contribution in [2.45, 2.75) is 45.1 Å². The van der Waals surface area contributed by atoms with Gasteiger partial charge in [0.05, 0.1) is 5.41 Å². The number of carbonyl (C=O) groups is 1. The van der Waals surface area contributed by atoms with E-state index in [4.69, 9.17) is 10.8 Å². The Morgan fingerprint density at radius 1 is 1.54 bits per heavy atom. The smallest absolute Gasteiger partial charge is 0.309 e. The summed E-state index contributed by atoms with van der Waals surface area (Å²) >= 11 is 0. The van der Waals surface area contributed by atoms with E-state index in [0.29, 0.717) is 0 Å². The molecule has 0 spiro atoms. The third-order valence-corrected chi connectivity index (χ3v) is 3.12. The van der Waals surface area contributed by atoms with E-state index in [1.165, 1.54) is 0 Å². The van der Waals surface area contributed by atoms with Crippen LogP contribution in [0.2, 0.25) is 0 Å². The molecule has 0 heterocycles. The van der Waals surface area contributed by atoms with Crippen molar-refractivity contribution in [2.75, 3.05) is 0 Å². The van der Waals surface area contributed by atoms with E-state index in [-0.39, 0.29) is 18.4 Å². The number of rotatable bonds is 2. The summed E-state index contributed by atoms with van der Waals surface area (Å²) in [6, 6.07) is 0.226. The van der Waals surface area contributed by atoms with Gasteiger partial charge < -0.3 is 10.8 Å². The van der Waals surface area contributed by atoms with Crippen molar-refractivity contribution in [1.82, 2.24) is 0 Å². The number of carboxylic acid groups (broad SMARTS) is 1. The Bertz CT molecular complexity index is 176. The summed E-state index contributed by atoms with van der Waals surface area (Å²) < 4.78 is 0. The molecule has 0 aromatic carbocycles. The largest absolute Gasteiger partial charge is 0.481 e. The maximum atomic E-state index is 11.0. The summed E-state index contributed by atoms with van der Waals surface area (Å²) in [4.78, 5) is 11.0. The van der Waals surface area contributed by atoms with Gasteiger partial charge in [0.2, 0.25) is 0 Å². The van der Waals surface area contributed by atoms with Crippen LogP contribution < -0.4 is 5.73 Å². The van der Waals surface area contributed by atoms with Crippen LogP contribution in [0.4, 0.5) is 0 Å². The second-order valence-corrected chi connectivity index (χ2v) is 3.78. The van der Waals surface area contributed by atoms with Gasteiger partial charge in [0.25, 0.3) is 0 Å². The molecule has 4 heteroatoms. The predicted octanol–water partition coefficient (Wildman–Crippen LogP) is 1.79. The topological polar surface area (TPSA) is 63.3 Å². The first-order valence-electron chi connectivity index (χ1n) is 4.60. The number of hydrogen-bond acceptors (Lipinski definition) is 2. The maximum Gasteiger partial charge on any atom is 0.309 e. The van der Waals surface area contributed by atoms with Crippen LogP contribution in [0.25, 0.3) is 0 Å². The van der Waals surface area contributed by atoms with Crippen molar-refractivity contribution in [1.29, 1.82) is 0 Å². The second kappa shape index (κ2) is 4.82. The Balaban J connectivity index is 0.00000144. The number of halogens is 1. The summed E-state index contributed by atoms with van der Waals surface area (Å²) in [5.74, 6) is -0.642. The molecule has 0 bridgehead atoms. The van der Waals surface area contributed by atoms with Crippen LogP contribution >= 0.6 is 12.4 Å². The fourth-order valence-corrected chi connectivity index (χ4v) is 1.91. The Morgan fingerprint density at radius 3 is 2.31 bits per heavy atom. The van der Waals surface area contributed by atoms with Crippen LogP contribution in [0.15, 0.2) is 0 Å². The van der Waals surface area contributed by atoms with Crippen LogP contribution in [0, 0.1) is 5.41 Å². The van der Waals surface area contributed by atoms with Gasteiger partial charge in [-0.05, 0) is 32.1 Å². The maximum absolute atomic E-state index is 11.0. The van der Waals surface area contributed by atoms with E-state index in [9.17, 15) is 4.79 Å². The Hall–Kier alpha value is -0.280. The molecule has 0 unspecified atom stereocenters. The highest BCUT2D eigenvalue weighted by Crippen LogP contribution is 2.38. The fraction of sp³-hybridized carbons (Fsp3) is 0.889. The highest BCUT2D eigenvalue weighted by Gasteiger charge is 2.39. The molecule has 3 nitrogen and oxygen atoms in total. The highest BCUT2D eigenvalue weighted by molar-refractivity contribution is 5.85. The van der Waals surface area contributed by atoms with Gasteiger partial charge in [-0.2, -0.15) is 0 Å². The first-order chi connectivity index (χ1) is 5.60. The van der Waals surface area contributed by atoms with E-state index in [1.54, 1.807) is 0 Å². The summed E-state index contributed by atoms with van der Waals surface area (Å²) in [5.41, 5.74) is 5.26. The third-order valence-electron chi connectivity index (χ3n) is 3.12. The lowest BCUT2D eigenvalue weighted by Crippen LogP contribution is -2.38. The van der Waals surface area contributed by atoms with Gasteiger partial charge in [-0.1, -0.05) is 6.92 Å². The molecule has 1 fully saturated rings. The molecule has 1 saturated carbocycles. The van der Waals surface area contributed by atoms with Gasteiger partial charge in [0, 0.05) is 6.04 Å². The van der Waals surface area contributed by atoms with Gasteiger partial charge >= 0.3 is 5.97 Å². The standard InChI is InChI=1S/C9H17NO2.ClH/c1-2-9(8(11)12)5-3-7(10)4-6-9;/h7H,2-6,10H2,1H3,(H,11,12);1H. The number of nitrogens with two attached hydrogens (primary N) is 1. The van der Waals surface area contributed by atoms with Crippen molar-refractivity contribution in [3.05, 3.63) is 0 Å². The van der Waals surface area contributed by atoms with Crippen molar-refractivity contribution in [3.8, 4) is 0 Å². The van der Waals surface area contributed by atoms with Gasteiger partial charge in [-0.15, -0.1) is 12.4 Å². The summed E-state index contributed by atoms with van der Waals surface area (Å²) in [6.45, 7) is 1.95. The fourth-order valence-electron chi connectivity index (χ4n) is 1.91. The van der Waals surface area contributed by atoms with Gasteiger partial charge in [0.15, 0.2) is 0 Å². The van der Waals surface area contributed by atoms with E-state index in [0.717, 1.165) is 32.1 Å². The van der Waals surface area contributed by atoms with Crippen molar-refractivity contribution < 1.29 is 9.90 Å². The lowest BCUT2D eigenvalue weighted by atomic mass is 9.71. The Morgan fingerprint density at radius 2 is 2.00 bits per heavy atom. The molecule has 0 aromatic heterocycles. The monoisotopic (exact) mass is 207 g/mol. The zero-order valence-corrected chi connectivity index (χ0v) is 8.77. The van der Waals surface area contributed by atoms with Gasteiger partial charge in [-0.25, -0.2) is 0 Å². The first kappa shape index (κ1) is 12.7. The molecule has 0 aliphatic heterocycles. The van der Waals surface area contributed by atoms with E-state index >= 15 is 0 Å². The number of carboxylic acids is 1. The van der Waals surface area contributed by atoms with E-state index in [2.05, 4.69) is 0 Å². The Labute approximate surface area is 85.1 Å². The molecule has 78 valence electrons. The Kier molecular flexibility index (Phi) is 4.71. The molecule has 0 radical (unpaired) electrons. The van der Waals surface area contributed by atoms with Crippen LogP contribution in [-0.4, -0.2) is 17.1 Å². The number of aliphatic carboxylic acids is 1. The molecule has 1 aliphatic rings. The van der Waals surface area contributed by atoms with Crippen LogP contribution in [-0.2, 0) is 4.79 Å². The third kappa shape index (κ3) is 2.58. The minimum atomic E-state index is -0.642. The van der Waals surface area contributed by atoms with Crippen molar-refractivity contribution >= 4 is 18.4 Å². The molecule has 1 aliphatic carbocycles. The highest BCUT2D eigenvalue weighted by atomic mass is 35.5. The van der Waals surface area contributed by atoms with Crippen LogP contribution in [0.1, 0.15) is 39.0 Å². The number of hydrogen-bond donors (Lipinski definition) is 2. The molecular formula is C9H18ClNO2. The molecule has 13 heavy (non-hydrogen) atoms. The average Bonchev–Trinajstić information content (AvgIpc) is 2.06. The second-order valence-electron chi connectivity index (χ2n) is 3.78. The molecule has 0 amide bonds. The van der Waals surface area contributed by atoms with E-state index in [1.807, 2.05) is 6.92 Å². The lowest BCUT2D eigenvalue weighted by molar-refractivity contribution is -0.151. The van der Waals surface area contributed by atoms with Crippen LogP contribution in [0.5, 0.6) is 0 Å². The van der Waals surface area contributed by atoms with Gasteiger partial charge in [-0.3, -0.25) is 4.79 Å². The zero-order chi connectivity index (χ0) is 9.19. The first-order valence-corrected chi connectivity index (χ1v) is 4.60. The normalized spacial score (nSPS) is 33.5.